The Hall–Kier alpha value is -3.21. The number of rotatable bonds is 5. The van der Waals surface area contributed by atoms with Gasteiger partial charge in [0.1, 0.15) is 5.76 Å². The molecule has 0 radical (unpaired) electrons. The number of hydrogen-bond acceptors (Lipinski definition) is 4. The average Bonchev–Trinajstić information content (AvgIpc) is 2.67. The first kappa shape index (κ1) is 20.5. The lowest BCUT2D eigenvalue weighted by molar-refractivity contribution is -0.117. The Morgan fingerprint density at radius 3 is 2.55 bits per heavy atom. The van der Waals surface area contributed by atoms with E-state index in [2.05, 4.69) is 10.3 Å². The Kier molecular flexibility index (Phi) is 5.97. The first-order valence-corrected chi connectivity index (χ1v) is 9.70. The van der Waals surface area contributed by atoms with Gasteiger partial charge >= 0.3 is 0 Å². The summed E-state index contributed by atoms with van der Waals surface area (Å²) in [6.45, 7) is 5.84. The molecule has 0 saturated carbocycles. The van der Waals surface area contributed by atoms with E-state index < -0.39 is 0 Å². The van der Waals surface area contributed by atoms with Crippen molar-refractivity contribution in [2.45, 2.75) is 39.7 Å². The van der Waals surface area contributed by atoms with Gasteiger partial charge in [0.2, 0.25) is 0 Å². The van der Waals surface area contributed by atoms with Crippen LogP contribution in [-0.2, 0) is 4.79 Å². The number of aliphatic hydroxyl groups excluding tert-OH is 1. The van der Waals surface area contributed by atoms with Crippen molar-refractivity contribution in [1.82, 2.24) is 5.32 Å². The minimum atomic E-state index is -0.244. The molecule has 1 aliphatic carbocycles. The summed E-state index contributed by atoms with van der Waals surface area (Å²) >= 11 is 0. The highest BCUT2D eigenvalue weighted by atomic mass is 16.3. The smallest absolute Gasteiger partial charge is 0.251 e. The van der Waals surface area contributed by atoms with Crippen LogP contribution in [0.5, 0.6) is 0 Å². The highest BCUT2D eigenvalue weighted by Gasteiger charge is 2.32. The molecule has 0 aliphatic heterocycles. The van der Waals surface area contributed by atoms with Gasteiger partial charge in [-0.1, -0.05) is 50.2 Å². The Morgan fingerprint density at radius 1 is 1.14 bits per heavy atom. The molecule has 2 aromatic rings. The number of amides is 1. The van der Waals surface area contributed by atoms with Crippen molar-refractivity contribution < 1.29 is 14.7 Å². The van der Waals surface area contributed by atoms with E-state index in [1.54, 1.807) is 24.3 Å². The Labute approximate surface area is 171 Å². The minimum Gasteiger partial charge on any atom is -0.511 e. The first-order chi connectivity index (χ1) is 13.7. The van der Waals surface area contributed by atoms with Gasteiger partial charge in [-0.15, -0.1) is 0 Å². The van der Waals surface area contributed by atoms with Gasteiger partial charge in [-0.3, -0.25) is 14.6 Å². The molecule has 5 nitrogen and oxygen atoms in total. The summed E-state index contributed by atoms with van der Waals surface area (Å²) in [6, 6.07) is 16.5. The van der Waals surface area contributed by atoms with Crippen LogP contribution in [0.15, 0.2) is 70.9 Å². The van der Waals surface area contributed by atoms with Crippen molar-refractivity contribution in [3.05, 3.63) is 77.1 Å². The number of aliphatic imine (C=N–C) groups is 1. The summed E-state index contributed by atoms with van der Waals surface area (Å²) in [5, 5.41) is 13.2. The fourth-order valence-corrected chi connectivity index (χ4v) is 3.42. The molecular weight excluding hydrogens is 364 g/mol. The number of carbonyl (C=O) groups excluding carboxylic acids is 2. The van der Waals surface area contributed by atoms with Gasteiger partial charge < -0.3 is 10.4 Å². The Morgan fingerprint density at radius 2 is 1.86 bits per heavy atom. The van der Waals surface area contributed by atoms with Crippen LogP contribution in [0.2, 0.25) is 0 Å². The van der Waals surface area contributed by atoms with Crippen molar-refractivity contribution in [3.8, 4) is 0 Å². The van der Waals surface area contributed by atoms with Crippen LogP contribution in [0, 0.1) is 5.41 Å². The van der Waals surface area contributed by atoms with Crippen molar-refractivity contribution >= 4 is 23.6 Å². The minimum absolute atomic E-state index is 0.0700. The molecule has 29 heavy (non-hydrogen) atoms. The third-order valence-electron chi connectivity index (χ3n) is 4.99. The molecule has 1 unspecified atom stereocenters. The monoisotopic (exact) mass is 390 g/mol. The highest BCUT2D eigenvalue weighted by molar-refractivity contribution is 6.15. The number of aliphatic hydroxyl groups is 1. The third kappa shape index (κ3) is 5.19. The van der Waals surface area contributed by atoms with Crippen molar-refractivity contribution in [2.24, 2.45) is 10.4 Å². The molecule has 1 aliphatic rings. The second-order valence-corrected chi connectivity index (χ2v) is 8.22. The van der Waals surface area contributed by atoms with Crippen molar-refractivity contribution in [2.75, 3.05) is 0 Å². The molecule has 1 amide bonds. The zero-order chi connectivity index (χ0) is 21.0. The van der Waals surface area contributed by atoms with Gasteiger partial charge in [-0.05, 0) is 36.1 Å². The lowest BCUT2D eigenvalue weighted by Gasteiger charge is -2.28. The summed E-state index contributed by atoms with van der Waals surface area (Å²) in [5.74, 6) is -0.246. The van der Waals surface area contributed by atoms with Crippen LogP contribution in [0.1, 0.15) is 55.6 Å². The number of nitrogens with one attached hydrogen (secondary N) is 1. The van der Waals surface area contributed by atoms with Crippen LogP contribution in [0.3, 0.4) is 0 Å². The van der Waals surface area contributed by atoms with E-state index in [9.17, 15) is 14.7 Å². The van der Waals surface area contributed by atoms with Gasteiger partial charge in [0, 0.05) is 24.6 Å². The number of carbonyl (C=O) groups is 2. The molecule has 2 N–H and O–H groups in total. The fraction of sp³-hybridized carbons (Fsp3) is 0.292. The molecule has 0 heterocycles. The number of benzene rings is 2. The van der Waals surface area contributed by atoms with E-state index in [0.29, 0.717) is 24.1 Å². The van der Waals surface area contributed by atoms with E-state index in [1.807, 2.05) is 51.1 Å². The molecule has 0 aromatic heterocycles. The SMILES string of the molecule is CC(NC(=O)c1cccc(N=CC2=C(O)CC(C)(C)CC2=O)c1)c1ccccc1. The van der Waals surface area contributed by atoms with E-state index in [1.165, 1.54) is 6.21 Å². The van der Waals surface area contributed by atoms with E-state index in [4.69, 9.17) is 0 Å². The molecule has 5 heteroatoms. The summed E-state index contributed by atoms with van der Waals surface area (Å²) in [4.78, 5) is 29.2. The van der Waals surface area contributed by atoms with Crippen LogP contribution in [-0.4, -0.2) is 23.0 Å². The number of hydrogen-bond donors (Lipinski definition) is 2. The molecule has 1 atom stereocenters. The number of nitrogens with zero attached hydrogens (tertiary/aromatic N) is 1. The van der Waals surface area contributed by atoms with Crippen LogP contribution in [0.4, 0.5) is 5.69 Å². The van der Waals surface area contributed by atoms with Gasteiger partial charge in [0.05, 0.1) is 17.3 Å². The highest BCUT2D eigenvalue weighted by Crippen LogP contribution is 2.35. The molecule has 3 rings (SSSR count). The summed E-state index contributed by atoms with van der Waals surface area (Å²) in [6.07, 6.45) is 2.22. The molecule has 2 aromatic carbocycles. The molecule has 0 spiro atoms. The van der Waals surface area contributed by atoms with Gasteiger partial charge in [0.25, 0.3) is 5.91 Å². The quantitative estimate of drug-likeness (QED) is 0.699. The molecule has 150 valence electrons. The Bertz CT molecular complexity index is 975. The number of Topliss-reactive ketones (excluding diaryl/α,β-unsaturated/α-hetero) is 1. The maximum absolute atomic E-state index is 12.6. The lowest BCUT2D eigenvalue weighted by Crippen LogP contribution is -2.26. The first-order valence-electron chi connectivity index (χ1n) is 9.70. The van der Waals surface area contributed by atoms with Crippen molar-refractivity contribution in [3.63, 3.8) is 0 Å². The molecule has 0 bridgehead atoms. The largest absolute Gasteiger partial charge is 0.511 e. The lowest BCUT2D eigenvalue weighted by atomic mass is 9.77. The fourth-order valence-electron chi connectivity index (χ4n) is 3.42. The van der Waals surface area contributed by atoms with E-state index in [-0.39, 0.29) is 34.5 Å². The van der Waals surface area contributed by atoms with Crippen LogP contribution in [0.25, 0.3) is 0 Å². The molecule has 0 saturated heterocycles. The zero-order valence-corrected chi connectivity index (χ0v) is 17.0. The summed E-state index contributed by atoms with van der Waals surface area (Å²) in [5.41, 5.74) is 2.05. The second kappa shape index (κ2) is 8.43. The Balaban J connectivity index is 1.73. The summed E-state index contributed by atoms with van der Waals surface area (Å²) in [7, 11) is 0. The molecular formula is C24H26N2O3. The zero-order valence-electron chi connectivity index (χ0n) is 17.0. The van der Waals surface area contributed by atoms with Crippen LogP contribution < -0.4 is 5.32 Å². The topological polar surface area (TPSA) is 78.8 Å². The normalized spacial score (nSPS) is 17.4. The maximum atomic E-state index is 12.6. The van der Waals surface area contributed by atoms with E-state index in [0.717, 1.165) is 5.56 Å². The maximum Gasteiger partial charge on any atom is 0.251 e. The van der Waals surface area contributed by atoms with Gasteiger partial charge in [0.15, 0.2) is 5.78 Å². The second-order valence-electron chi connectivity index (χ2n) is 8.22. The third-order valence-corrected chi connectivity index (χ3v) is 4.99. The number of allylic oxidation sites excluding steroid dienone is 2. The van der Waals surface area contributed by atoms with Crippen molar-refractivity contribution in [1.29, 1.82) is 0 Å². The molecule has 0 fully saturated rings. The predicted octanol–water partition coefficient (Wildman–Crippen LogP) is 5.08. The summed E-state index contributed by atoms with van der Waals surface area (Å²) < 4.78 is 0. The van der Waals surface area contributed by atoms with E-state index >= 15 is 0 Å². The van der Waals surface area contributed by atoms with Gasteiger partial charge in [-0.2, -0.15) is 0 Å². The standard InChI is InChI=1S/C24H26N2O3/c1-16(17-8-5-4-6-9-17)26-23(29)18-10-7-11-19(12-18)25-15-20-21(27)13-24(2,3)14-22(20)28/h4-12,15-16,27H,13-14H2,1-3H3,(H,26,29). The predicted molar refractivity (Wildman–Crippen MR) is 115 cm³/mol. The van der Waals surface area contributed by atoms with Gasteiger partial charge in [-0.25, -0.2) is 0 Å². The van der Waals surface area contributed by atoms with Crippen LogP contribution >= 0.6 is 0 Å². The number of ketones is 1. The average molecular weight is 390 g/mol.